The molecule has 0 aliphatic carbocycles. The molecule has 8 nitrogen and oxygen atoms in total. The van der Waals surface area contributed by atoms with Gasteiger partial charge in [0.05, 0.1) is 16.4 Å². The second kappa shape index (κ2) is 6.95. The van der Waals surface area contributed by atoms with Crippen LogP contribution in [0.25, 0.3) is 0 Å². The molecule has 3 rings (SSSR count). The maximum absolute atomic E-state index is 12.7. The first-order valence-corrected chi connectivity index (χ1v) is 9.32. The third-order valence-electron chi connectivity index (χ3n) is 4.19. The summed E-state index contributed by atoms with van der Waals surface area (Å²) in [5, 5.41) is 10.7. The smallest absolute Gasteiger partial charge is 0.269 e. The van der Waals surface area contributed by atoms with Gasteiger partial charge < -0.3 is 4.42 Å². The van der Waals surface area contributed by atoms with E-state index in [1.54, 1.807) is 0 Å². The average Bonchev–Trinajstić information content (AvgIpc) is 3.00. The van der Waals surface area contributed by atoms with Gasteiger partial charge in [-0.15, -0.1) is 0 Å². The molecule has 1 saturated heterocycles. The lowest BCUT2D eigenvalue weighted by Crippen LogP contribution is -2.48. The minimum Gasteiger partial charge on any atom is -0.465 e. The Kier molecular flexibility index (Phi) is 4.89. The van der Waals surface area contributed by atoms with E-state index in [-0.39, 0.29) is 10.6 Å². The molecule has 0 atom stereocenters. The molecule has 0 radical (unpaired) electrons. The summed E-state index contributed by atoms with van der Waals surface area (Å²) >= 11 is 0. The summed E-state index contributed by atoms with van der Waals surface area (Å²) in [4.78, 5) is 12.3. The number of rotatable bonds is 5. The van der Waals surface area contributed by atoms with Crippen LogP contribution in [0.1, 0.15) is 11.5 Å². The van der Waals surface area contributed by atoms with Gasteiger partial charge in [-0.05, 0) is 31.2 Å². The standard InChI is InChI=1S/C16H19N3O5S/c1-13-2-5-15(24-13)12-17-8-10-18(11-9-17)25(22,23)16-6-3-14(4-7-16)19(20)21/h2-7H,8-12H2,1H3. The van der Waals surface area contributed by atoms with Crippen molar-refractivity contribution in [2.24, 2.45) is 0 Å². The summed E-state index contributed by atoms with van der Waals surface area (Å²) in [6.45, 7) is 4.49. The molecule has 2 aromatic rings. The van der Waals surface area contributed by atoms with Crippen molar-refractivity contribution in [3.8, 4) is 0 Å². The number of aryl methyl sites for hydroxylation is 1. The molecular weight excluding hydrogens is 346 g/mol. The molecule has 0 spiro atoms. The summed E-state index contributed by atoms with van der Waals surface area (Å²) in [7, 11) is -3.64. The number of nitro benzene ring substituents is 1. The first-order chi connectivity index (χ1) is 11.9. The number of nitrogens with zero attached hydrogens (tertiary/aromatic N) is 3. The Balaban J connectivity index is 1.63. The highest BCUT2D eigenvalue weighted by Crippen LogP contribution is 2.21. The van der Waals surface area contributed by atoms with Gasteiger partial charge in [0.2, 0.25) is 10.0 Å². The van der Waals surface area contributed by atoms with Gasteiger partial charge >= 0.3 is 0 Å². The summed E-state index contributed by atoms with van der Waals surface area (Å²) in [6.07, 6.45) is 0. The zero-order valence-corrected chi connectivity index (χ0v) is 14.6. The van der Waals surface area contributed by atoms with Gasteiger partial charge in [0.1, 0.15) is 11.5 Å². The van der Waals surface area contributed by atoms with Crippen LogP contribution in [-0.2, 0) is 16.6 Å². The summed E-state index contributed by atoms with van der Waals surface area (Å²) in [5.74, 6) is 1.72. The molecule has 0 amide bonds. The van der Waals surface area contributed by atoms with Gasteiger partial charge in [0.15, 0.2) is 0 Å². The van der Waals surface area contributed by atoms with E-state index in [2.05, 4.69) is 4.90 Å². The maximum atomic E-state index is 12.7. The summed E-state index contributed by atoms with van der Waals surface area (Å²) in [5.41, 5.74) is -0.127. The quantitative estimate of drug-likeness (QED) is 0.594. The van der Waals surface area contributed by atoms with Crippen LogP contribution >= 0.6 is 0 Å². The molecule has 1 aliphatic rings. The highest BCUT2D eigenvalue weighted by Gasteiger charge is 2.29. The monoisotopic (exact) mass is 365 g/mol. The van der Waals surface area contributed by atoms with Crippen molar-refractivity contribution in [2.75, 3.05) is 26.2 Å². The lowest BCUT2D eigenvalue weighted by molar-refractivity contribution is -0.384. The molecule has 1 fully saturated rings. The predicted molar refractivity (Wildman–Crippen MR) is 90.6 cm³/mol. The molecule has 134 valence electrons. The largest absolute Gasteiger partial charge is 0.465 e. The number of sulfonamides is 1. The van der Waals surface area contributed by atoms with E-state index < -0.39 is 14.9 Å². The van der Waals surface area contributed by atoms with Crippen LogP contribution in [0.15, 0.2) is 45.7 Å². The number of hydrogen-bond donors (Lipinski definition) is 0. The molecule has 1 aromatic carbocycles. The van der Waals surface area contributed by atoms with Crippen LogP contribution in [-0.4, -0.2) is 48.7 Å². The van der Waals surface area contributed by atoms with Crippen LogP contribution in [0.2, 0.25) is 0 Å². The second-order valence-corrected chi connectivity index (χ2v) is 7.88. The zero-order valence-electron chi connectivity index (χ0n) is 13.8. The van der Waals surface area contributed by atoms with Crippen molar-refractivity contribution in [1.29, 1.82) is 0 Å². The van der Waals surface area contributed by atoms with Crippen LogP contribution in [0.4, 0.5) is 5.69 Å². The van der Waals surface area contributed by atoms with E-state index >= 15 is 0 Å². The van der Waals surface area contributed by atoms with Crippen LogP contribution in [0.5, 0.6) is 0 Å². The molecule has 0 unspecified atom stereocenters. The van der Waals surface area contributed by atoms with E-state index in [0.29, 0.717) is 32.7 Å². The molecule has 25 heavy (non-hydrogen) atoms. The van der Waals surface area contributed by atoms with E-state index in [9.17, 15) is 18.5 Å². The van der Waals surface area contributed by atoms with E-state index in [1.807, 2.05) is 19.1 Å². The molecule has 9 heteroatoms. The number of benzene rings is 1. The predicted octanol–water partition coefficient (Wildman–Crippen LogP) is 2.00. The molecule has 2 heterocycles. The molecule has 0 saturated carbocycles. The van der Waals surface area contributed by atoms with Crippen LogP contribution in [0.3, 0.4) is 0 Å². The average molecular weight is 365 g/mol. The van der Waals surface area contributed by atoms with Crippen molar-refractivity contribution in [2.45, 2.75) is 18.4 Å². The van der Waals surface area contributed by atoms with Gasteiger partial charge in [-0.25, -0.2) is 8.42 Å². The number of nitro groups is 1. The molecule has 1 aliphatic heterocycles. The number of non-ortho nitro benzene ring substituents is 1. The Bertz CT molecular complexity index is 852. The Morgan fingerprint density at radius 1 is 1.08 bits per heavy atom. The second-order valence-electron chi connectivity index (χ2n) is 5.94. The third-order valence-corrected chi connectivity index (χ3v) is 6.10. The van der Waals surface area contributed by atoms with Crippen molar-refractivity contribution in [1.82, 2.24) is 9.21 Å². The van der Waals surface area contributed by atoms with Gasteiger partial charge in [0.25, 0.3) is 5.69 Å². The highest BCUT2D eigenvalue weighted by atomic mass is 32.2. The number of hydrogen-bond acceptors (Lipinski definition) is 6. The fraction of sp³-hybridized carbons (Fsp3) is 0.375. The molecule has 0 N–H and O–H groups in total. The first kappa shape index (κ1) is 17.6. The normalized spacial score (nSPS) is 16.8. The van der Waals surface area contributed by atoms with Crippen molar-refractivity contribution < 1.29 is 17.8 Å². The fourth-order valence-electron chi connectivity index (χ4n) is 2.81. The summed E-state index contributed by atoms with van der Waals surface area (Å²) in [6, 6.07) is 8.82. The Morgan fingerprint density at radius 3 is 2.24 bits per heavy atom. The maximum Gasteiger partial charge on any atom is 0.269 e. The third kappa shape index (κ3) is 3.89. The van der Waals surface area contributed by atoms with Gasteiger partial charge in [-0.2, -0.15) is 4.31 Å². The Labute approximate surface area is 145 Å². The van der Waals surface area contributed by atoms with E-state index in [4.69, 9.17) is 4.42 Å². The first-order valence-electron chi connectivity index (χ1n) is 7.88. The Morgan fingerprint density at radius 2 is 1.72 bits per heavy atom. The topological polar surface area (TPSA) is 96.9 Å². The van der Waals surface area contributed by atoms with Crippen LogP contribution < -0.4 is 0 Å². The van der Waals surface area contributed by atoms with Crippen LogP contribution in [0, 0.1) is 17.0 Å². The highest BCUT2D eigenvalue weighted by molar-refractivity contribution is 7.89. The minimum atomic E-state index is -3.64. The van der Waals surface area contributed by atoms with Gasteiger partial charge in [-0.1, -0.05) is 0 Å². The minimum absolute atomic E-state index is 0.0770. The molecule has 1 aromatic heterocycles. The van der Waals surface area contributed by atoms with Crippen molar-refractivity contribution in [3.63, 3.8) is 0 Å². The van der Waals surface area contributed by atoms with Crippen molar-refractivity contribution in [3.05, 3.63) is 58.0 Å². The Hall–Kier alpha value is -2.23. The lowest BCUT2D eigenvalue weighted by Gasteiger charge is -2.33. The molecule has 0 bridgehead atoms. The number of piperazine rings is 1. The fourth-order valence-corrected chi connectivity index (χ4v) is 4.23. The molecular formula is C16H19N3O5S. The van der Waals surface area contributed by atoms with E-state index in [1.165, 1.54) is 28.6 Å². The van der Waals surface area contributed by atoms with E-state index in [0.717, 1.165) is 11.5 Å². The van der Waals surface area contributed by atoms with Gasteiger partial charge in [-0.3, -0.25) is 15.0 Å². The lowest BCUT2D eigenvalue weighted by atomic mass is 10.3. The summed E-state index contributed by atoms with van der Waals surface area (Å²) < 4.78 is 32.3. The number of furan rings is 1. The van der Waals surface area contributed by atoms with Gasteiger partial charge in [0, 0.05) is 38.3 Å². The zero-order chi connectivity index (χ0) is 18.0. The van der Waals surface area contributed by atoms with Crippen molar-refractivity contribution >= 4 is 15.7 Å². The SMILES string of the molecule is Cc1ccc(CN2CCN(S(=O)(=O)c3ccc([N+](=O)[O-])cc3)CC2)o1.